The van der Waals surface area contributed by atoms with Crippen molar-refractivity contribution < 1.29 is 0 Å². The van der Waals surface area contributed by atoms with E-state index in [1.165, 1.54) is 49.4 Å². The summed E-state index contributed by atoms with van der Waals surface area (Å²) in [5, 5.41) is 18.1. The number of aryl methyl sites for hydroxylation is 2. The molecular formula is C23H38IN7S. The lowest BCUT2D eigenvalue weighted by molar-refractivity contribution is 0.125. The first-order chi connectivity index (χ1) is 15.3. The van der Waals surface area contributed by atoms with E-state index in [0.717, 1.165) is 50.7 Å². The van der Waals surface area contributed by atoms with Gasteiger partial charge in [0.1, 0.15) is 11.6 Å². The molecule has 2 N–H and O–H groups in total. The third kappa shape index (κ3) is 6.44. The van der Waals surface area contributed by atoms with Gasteiger partial charge < -0.3 is 15.2 Å². The first kappa shape index (κ1) is 25.4. The van der Waals surface area contributed by atoms with Crippen LogP contribution in [-0.4, -0.2) is 59.4 Å². The highest BCUT2D eigenvalue weighted by atomic mass is 127. The van der Waals surface area contributed by atoms with Crippen molar-refractivity contribution in [2.75, 3.05) is 33.7 Å². The first-order valence-corrected chi connectivity index (χ1v) is 12.7. The molecule has 178 valence electrons. The molecule has 2 aromatic rings. The van der Waals surface area contributed by atoms with Crippen LogP contribution >= 0.6 is 35.3 Å². The SMILES string of the molecule is CN=C(NCCCc1nnc2n1CCCCC2)NCC1CCCN(C)C1c1cccs1.I. The van der Waals surface area contributed by atoms with E-state index < -0.39 is 0 Å². The van der Waals surface area contributed by atoms with Crippen molar-refractivity contribution in [1.29, 1.82) is 0 Å². The van der Waals surface area contributed by atoms with E-state index in [2.05, 4.69) is 59.9 Å². The van der Waals surface area contributed by atoms with E-state index in [1.807, 2.05) is 18.4 Å². The molecule has 1 fully saturated rings. The molecule has 0 saturated carbocycles. The normalized spacial score (nSPS) is 22.0. The largest absolute Gasteiger partial charge is 0.356 e. The molecule has 2 aromatic heterocycles. The van der Waals surface area contributed by atoms with Crippen molar-refractivity contribution in [3.8, 4) is 0 Å². The van der Waals surface area contributed by atoms with Crippen LogP contribution in [0.3, 0.4) is 0 Å². The summed E-state index contributed by atoms with van der Waals surface area (Å²) in [6.45, 7) is 4.10. The maximum atomic E-state index is 4.45. The maximum Gasteiger partial charge on any atom is 0.190 e. The van der Waals surface area contributed by atoms with Crippen LogP contribution in [0.4, 0.5) is 0 Å². The van der Waals surface area contributed by atoms with E-state index in [9.17, 15) is 0 Å². The Morgan fingerprint density at radius 2 is 2.09 bits per heavy atom. The Balaban J connectivity index is 0.00000289. The zero-order valence-corrected chi connectivity index (χ0v) is 22.6. The van der Waals surface area contributed by atoms with Crippen molar-refractivity contribution in [1.82, 2.24) is 30.3 Å². The average molecular weight is 572 g/mol. The molecule has 7 nitrogen and oxygen atoms in total. The molecule has 0 amide bonds. The summed E-state index contributed by atoms with van der Waals surface area (Å²) in [5.41, 5.74) is 0. The molecule has 2 aliphatic heterocycles. The molecule has 0 radical (unpaired) electrons. The van der Waals surface area contributed by atoms with Gasteiger partial charge in [-0.05, 0) is 63.1 Å². The zero-order chi connectivity index (χ0) is 21.5. The minimum absolute atomic E-state index is 0. The van der Waals surface area contributed by atoms with Crippen molar-refractivity contribution in [3.63, 3.8) is 0 Å². The summed E-state index contributed by atoms with van der Waals surface area (Å²) in [4.78, 5) is 8.44. The van der Waals surface area contributed by atoms with Gasteiger partial charge in [-0.1, -0.05) is 12.5 Å². The Morgan fingerprint density at radius 3 is 2.91 bits per heavy atom. The predicted octanol–water partition coefficient (Wildman–Crippen LogP) is 3.86. The molecule has 9 heteroatoms. The number of aromatic nitrogens is 3. The molecular weight excluding hydrogens is 533 g/mol. The van der Waals surface area contributed by atoms with Crippen molar-refractivity contribution in [2.45, 2.75) is 64.0 Å². The minimum atomic E-state index is 0. The maximum absolute atomic E-state index is 4.45. The summed E-state index contributed by atoms with van der Waals surface area (Å²) < 4.78 is 2.35. The second kappa shape index (κ2) is 12.9. The highest BCUT2D eigenvalue weighted by molar-refractivity contribution is 14.0. The number of rotatable bonds is 7. The quantitative estimate of drug-likeness (QED) is 0.229. The Labute approximate surface area is 213 Å². The van der Waals surface area contributed by atoms with Crippen molar-refractivity contribution in [3.05, 3.63) is 34.0 Å². The monoisotopic (exact) mass is 571 g/mol. The minimum Gasteiger partial charge on any atom is -0.356 e. The second-order valence-electron chi connectivity index (χ2n) is 8.82. The van der Waals surface area contributed by atoms with Crippen LogP contribution in [0.25, 0.3) is 0 Å². The summed E-state index contributed by atoms with van der Waals surface area (Å²) in [6.07, 6.45) is 9.38. The first-order valence-electron chi connectivity index (χ1n) is 11.9. The number of nitrogens with one attached hydrogen (secondary N) is 2. The fourth-order valence-electron chi connectivity index (χ4n) is 5.01. The van der Waals surface area contributed by atoms with Crippen molar-refractivity contribution >= 4 is 41.3 Å². The van der Waals surface area contributed by atoms with Gasteiger partial charge in [-0.15, -0.1) is 45.5 Å². The summed E-state index contributed by atoms with van der Waals surface area (Å²) in [7, 11) is 4.12. The molecule has 2 unspecified atom stereocenters. The van der Waals surface area contributed by atoms with Gasteiger partial charge >= 0.3 is 0 Å². The van der Waals surface area contributed by atoms with Crippen LogP contribution in [0.5, 0.6) is 0 Å². The van der Waals surface area contributed by atoms with E-state index in [1.54, 1.807) is 0 Å². The summed E-state index contributed by atoms with van der Waals surface area (Å²) in [5.74, 6) is 3.82. The zero-order valence-electron chi connectivity index (χ0n) is 19.4. The molecule has 1 saturated heterocycles. The number of halogens is 1. The fraction of sp³-hybridized carbons (Fsp3) is 0.696. The van der Waals surface area contributed by atoms with Crippen LogP contribution in [0.15, 0.2) is 22.5 Å². The van der Waals surface area contributed by atoms with Crippen molar-refractivity contribution in [2.24, 2.45) is 10.9 Å². The lowest BCUT2D eigenvalue weighted by atomic mass is 9.88. The second-order valence-corrected chi connectivity index (χ2v) is 9.80. The van der Waals surface area contributed by atoms with E-state index in [0.29, 0.717) is 12.0 Å². The summed E-state index contributed by atoms with van der Waals surface area (Å²) in [6, 6.07) is 4.95. The number of nitrogens with zero attached hydrogens (tertiary/aromatic N) is 5. The molecule has 2 atom stereocenters. The molecule has 4 rings (SSSR count). The molecule has 0 bridgehead atoms. The van der Waals surface area contributed by atoms with Crippen LogP contribution in [0.2, 0.25) is 0 Å². The molecule has 0 aromatic carbocycles. The topological polar surface area (TPSA) is 70.4 Å². The number of fused-ring (bicyclic) bond motifs is 1. The third-order valence-corrected chi connectivity index (χ3v) is 7.60. The van der Waals surface area contributed by atoms with Gasteiger partial charge in [-0.25, -0.2) is 0 Å². The van der Waals surface area contributed by atoms with Gasteiger partial charge in [0.25, 0.3) is 0 Å². The number of hydrogen-bond donors (Lipinski definition) is 2. The fourth-order valence-corrected chi connectivity index (χ4v) is 6.00. The Hall–Kier alpha value is -1.20. The molecule has 32 heavy (non-hydrogen) atoms. The van der Waals surface area contributed by atoms with Crippen LogP contribution in [0.1, 0.15) is 61.1 Å². The van der Waals surface area contributed by atoms with Crippen LogP contribution in [0, 0.1) is 5.92 Å². The lowest BCUT2D eigenvalue weighted by Gasteiger charge is -2.39. The number of hydrogen-bond acceptors (Lipinski definition) is 5. The Kier molecular flexibility index (Phi) is 10.2. The molecule has 0 spiro atoms. The van der Waals surface area contributed by atoms with Gasteiger partial charge in [0, 0.05) is 50.4 Å². The standard InChI is InChI=1S/C23H37N7S.HI/c1-24-23(25-13-6-12-21-28-27-20-11-4-3-5-15-30(20)21)26-17-18-9-7-14-29(2)22(18)19-10-8-16-31-19;/h8,10,16,18,22H,3-7,9,11-15,17H2,1-2H3,(H2,24,25,26);1H. The average Bonchev–Trinajstić information content (AvgIpc) is 3.38. The summed E-state index contributed by atoms with van der Waals surface area (Å²) >= 11 is 1.88. The van der Waals surface area contributed by atoms with Gasteiger partial charge in [-0.3, -0.25) is 9.89 Å². The molecule has 2 aliphatic rings. The molecule has 0 aliphatic carbocycles. The lowest BCUT2D eigenvalue weighted by Crippen LogP contribution is -2.45. The van der Waals surface area contributed by atoms with Gasteiger partial charge in [0.15, 0.2) is 5.96 Å². The molecule has 4 heterocycles. The number of likely N-dealkylation sites (tertiary alicyclic amines) is 1. The smallest absolute Gasteiger partial charge is 0.190 e. The van der Waals surface area contributed by atoms with Crippen LogP contribution in [-0.2, 0) is 19.4 Å². The Bertz CT molecular complexity index is 836. The third-order valence-electron chi connectivity index (χ3n) is 6.65. The predicted molar refractivity (Wildman–Crippen MR) is 143 cm³/mol. The van der Waals surface area contributed by atoms with Gasteiger partial charge in [-0.2, -0.15) is 0 Å². The Morgan fingerprint density at radius 1 is 1.19 bits per heavy atom. The van der Waals surface area contributed by atoms with Gasteiger partial charge in [0.2, 0.25) is 0 Å². The van der Waals surface area contributed by atoms with E-state index in [4.69, 9.17) is 0 Å². The highest BCUT2D eigenvalue weighted by Crippen LogP contribution is 2.36. The number of aliphatic imine (C=N–C) groups is 1. The van der Waals surface area contributed by atoms with E-state index >= 15 is 0 Å². The van der Waals surface area contributed by atoms with Gasteiger partial charge in [0.05, 0.1) is 0 Å². The van der Waals surface area contributed by atoms with Crippen LogP contribution < -0.4 is 10.6 Å². The number of guanidine groups is 1. The van der Waals surface area contributed by atoms with E-state index in [-0.39, 0.29) is 24.0 Å². The number of thiophene rings is 1. The number of piperidine rings is 1. The highest BCUT2D eigenvalue weighted by Gasteiger charge is 2.31.